The van der Waals surface area contributed by atoms with Crippen molar-refractivity contribution < 1.29 is 9.90 Å². The van der Waals surface area contributed by atoms with E-state index in [1.54, 1.807) is 0 Å². The van der Waals surface area contributed by atoms with E-state index in [9.17, 15) is 4.79 Å². The van der Waals surface area contributed by atoms with E-state index in [1.807, 2.05) is 47.0 Å². The molecule has 9 heteroatoms. The Labute approximate surface area is 138 Å². The van der Waals surface area contributed by atoms with Gasteiger partial charge in [-0.25, -0.2) is 9.78 Å². The lowest BCUT2D eigenvalue weighted by Gasteiger charge is -1.99. The smallest absolute Gasteiger partial charge is 0.410 e. The first-order valence-electron chi connectivity index (χ1n) is 6.57. The lowest BCUT2D eigenvalue weighted by Crippen LogP contribution is -2.06. The molecule has 7 nitrogen and oxygen atoms in total. The Balaban J connectivity index is 1.67. The number of nitrogens with one attached hydrogen (secondary N) is 1. The van der Waals surface area contributed by atoms with E-state index < -0.39 is 6.09 Å². The first kappa shape index (κ1) is 14.0. The molecule has 0 radical (unpaired) electrons. The maximum absolute atomic E-state index is 10.7. The van der Waals surface area contributed by atoms with Crippen LogP contribution >= 0.6 is 23.1 Å². The molecule has 0 spiro atoms. The average Bonchev–Trinajstić information content (AvgIpc) is 3.10. The minimum absolute atomic E-state index is 0.363. The van der Waals surface area contributed by atoms with Gasteiger partial charge in [-0.15, -0.1) is 10.2 Å². The molecule has 0 saturated heterocycles. The van der Waals surface area contributed by atoms with Crippen LogP contribution in [-0.2, 0) is 0 Å². The molecule has 0 aliphatic rings. The van der Waals surface area contributed by atoms with Gasteiger partial charge >= 0.3 is 6.09 Å². The third-order valence-electron chi connectivity index (χ3n) is 3.07. The number of hydrogen-bond donors (Lipinski definition) is 2. The molecule has 3 aromatic heterocycles. The predicted octanol–water partition coefficient (Wildman–Crippen LogP) is 3.58. The van der Waals surface area contributed by atoms with Gasteiger partial charge in [0, 0.05) is 11.1 Å². The number of hydrogen-bond acceptors (Lipinski definition) is 6. The monoisotopic (exact) mass is 343 g/mol. The zero-order valence-electron chi connectivity index (χ0n) is 11.5. The Morgan fingerprint density at radius 3 is 3.04 bits per heavy atom. The second kappa shape index (κ2) is 5.52. The highest BCUT2D eigenvalue weighted by atomic mass is 32.2. The van der Waals surface area contributed by atoms with Crippen LogP contribution in [0.1, 0.15) is 0 Å². The highest BCUT2D eigenvalue weighted by molar-refractivity contribution is 7.99. The molecule has 1 amide bonds. The summed E-state index contributed by atoms with van der Waals surface area (Å²) in [6, 6.07) is 11.5. The van der Waals surface area contributed by atoms with Gasteiger partial charge in [0.05, 0.1) is 10.2 Å². The number of pyridine rings is 1. The Morgan fingerprint density at radius 1 is 1.26 bits per heavy atom. The minimum Gasteiger partial charge on any atom is -0.465 e. The van der Waals surface area contributed by atoms with Crippen molar-refractivity contribution >= 4 is 50.2 Å². The topological polar surface area (TPSA) is 92.4 Å². The second-order valence-corrected chi connectivity index (χ2v) is 6.66. The molecular formula is C14H9N5O2S2. The fourth-order valence-electron chi connectivity index (χ4n) is 2.11. The van der Waals surface area contributed by atoms with E-state index in [4.69, 9.17) is 5.11 Å². The number of fused-ring (bicyclic) bond motifs is 2. The number of nitrogens with zero attached hydrogens (tertiary/aromatic N) is 4. The first-order chi connectivity index (χ1) is 11.2. The zero-order chi connectivity index (χ0) is 15.8. The Kier molecular flexibility index (Phi) is 3.36. The summed E-state index contributed by atoms with van der Waals surface area (Å²) in [7, 11) is 0. The van der Waals surface area contributed by atoms with Gasteiger partial charge in [0.25, 0.3) is 0 Å². The van der Waals surface area contributed by atoms with Gasteiger partial charge in [-0.1, -0.05) is 17.4 Å². The van der Waals surface area contributed by atoms with Gasteiger partial charge in [0.1, 0.15) is 0 Å². The fourth-order valence-corrected chi connectivity index (χ4v) is 3.94. The Hall–Kier alpha value is -2.65. The molecule has 0 saturated carbocycles. The van der Waals surface area contributed by atoms with Gasteiger partial charge in [-0.2, -0.15) is 0 Å². The Morgan fingerprint density at radius 2 is 2.17 bits per heavy atom. The molecule has 0 unspecified atom stereocenters. The molecule has 1 aromatic carbocycles. The fraction of sp³-hybridized carbons (Fsp3) is 0. The summed E-state index contributed by atoms with van der Waals surface area (Å²) in [6.07, 6.45) is 0.797. The van der Waals surface area contributed by atoms with Crippen molar-refractivity contribution in [1.82, 2.24) is 19.6 Å². The van der Waals surface area contributed by atoms with Crippen molar-refractivity contribution in [2.75, 3.05) is 5.32 Å². The maximum Gasteiger partial charge on any atom is 0.410 e. The lowest BCUT2D eigenvalue weighted by molar-refractivity contribution is 0.210. The summed E-state index contributed by atoms with van der Waals surface area (Å²) < 4.78 is 2.83. The van der Waals surface area contributed by atoms with Gasteiger partial charge in [-0.3, -0.25) is 9.72 Å². The number of aromatic nitrogens is 4. The van der Waals surface area contributed by atoms with Crippen LogP contribution in [0.2, 0.25) is 0 Å². The third-order valence-corrected chi connectivity index (χ3v) is 4.95. The number of amides is 1. The lowest BCUT2D eigenvalue weighted by atomic mass is 10.3. The van der Waals surface area contributed by atoms with Crippen molar-refractivity contribution in [2.24, 2.45) is 0 Å². The number of carboxylic acid groups (broad SMARTS) is 1. The highest BCUT2D eigenvalue weighted by Gasteiger charge is 2.10. The highest BCUT2D eigenvalue weighted by Crippen LogP contribution is 2.32. The van der Waals surface area contributed by atoms with Crippen molar-refractivity contribution in [3.05, 3.63) is 42.6 Å². The first-order valence-corrected chi connectivity index (χ1v) is 8.20. The number of thiazole rings is 1. The molecular weight excluding hydrogens is 334 g/mol. The SMILES string of the molecule is O=C(O)Nc1nc2ccc(Sc3nnc4ccccn34)cc2s1. The summed E-state index contributed by atoms with van der Waals surface area (Å²) >= 11 is 2.79. The van der Waals surface area contributed by atoms with E-state index >= 15 is 0 Å². The number of rotatable bonds is 3. The zero-order valence-corrected chi connectivity index (χ0v) is 13.1. The summed E-state index contributed by atoms with van der Waals surface area (Å²) in [5, 5.41) is 20.5. The standard InChI is InChI=1S/C14H9N5O2S2/c20-14(21)16-12-15-9-5-4-8(7-10(9)23-12)22-13-18-17-11-3-1-2-6-19(11)13/h1-7H,(H,15,16)(H,20,21). The van der Waals surface area contributed by atoms with Crippen molar-refractivity contribution in [3.63, 3.8) is 0 Å². The van der Waals surface area contributed by atoms with Crippen LogP contribution < -0.4 is 5.32 Å². The van der Waals surface area contributed by atoms with Gasteiger partial charge in [-0.05, 0) is 42.1 Å². The quantitative estimate of drug-likeness (QED) is 0.591. The van der Waals surface area contributed by atoms with Crippen LogP contribution in [0.3, 0.4) is 0 Å². The second-order valence-electron chi connectivity index (χ2n) is 4.59. The molecule has 0 fully saturated rings. The normalized spacial score (nSPS) is 11.1. The summed E-state index contributed by atoms with van der Waals surface area (Å²) in [6.45, 7) is 0. The van der Waals surface area contributed by atoms with Crippen LogP contribution in [0.25, 0.3) is 15.9 Å². The van der Waals surface area contributed by atoms with Crippen LogP contribution in [0, 0.1) is 0 Å². The molecule has 4 aromatic rings. The molecule has 0 aliphatic heterocycles. The van der Waals surface area contributed by atoms with E-state index in [0.717, 1.165) is 25.9 Å². The van der Waals surface area contributed by atoms with Crippen molar-refractivity contribution in [3.8, 4) is 0 Å². The van der Waals surface area contributed by atoms with Crippen LogP contribution in [0.5, 0.6) is 0 Å². The summed E-state index contributed by atoms with van der Waals surface area (Å²) in [5.74, 6) is 0. The number of anilines is 1. The molecule has 0 bridgehead atoms. The number of carbonyl (C=O) groups is 1. The predicted molar refractivity (Wildman–Crippen MR) is 88.4 cm³/mol. The van der Waals surface area contributed by atoms with Crippen LogP contribution in [-0.4, -0.2) is 30.8 Å². The van der Waals surface area contributed by atoms with Gasteiger partial charge in [0.15, 0.2) is 15.9 Å². The van der Waals surface area contributed by atoms with E-state index in [-0.39, 0.29) is 0 Å². The van der Waals surface area contributed by atoms with Crippen molar-refractivity contribution in [1.29, 1.82) is 0 Å². The molecule has 114 valence electrons. The van der Waals surface area contributed by atoms with Crippen LogP contribution in [0.15, 0.2) is 52.6 Å². The number of benzene rings is 1. The van der Waals surface area contributed by atoms with Crippen LogP contribution in [0.4, 0.5) is 9.93 Å². The van der Waals surface area contributed by atoms with E-state index in [0.29, 0.717) is 5.13 Å². The molecule has 4 rings (SSSR count). The largest absolute Gasteiger partial charge is 0.465 e. The third kappa shape index (κ3) is 2.71. The van der Waals surface area contributed by atoms with Gasteiger partial charge < -0.3 is 5.11 Å². The summed E-state index contributed by atoms with van der Waals surface area (Å²) in [4.78, 5) is 15.9. The van der Waals surface area contributed by atoms with Gasteiger partial charge in [0.2, 0.25) is 0 Å². The minimum atomic E-state index is -1.12. The molecule has 2 N–H and O–H groups in total. The molecule has 0 atom stereocenters. The molecule has 23 heavy (non-hydrogen) atoms. The van der Waals surface area contributed by atoms with E-state index in [2.05, 4.69) is 20.5 Å². The molecule has 0 aliphatic carbocycles. The average molecular weight is 343 g/mol. The summed E-state index contributed by atoms with van der Waals surface area (Å²) in [5.41, 5.74) is 1.55. The Bertz CT molecular complexity index is 1030. The molecule has 3 heterocycles. The van der Waals surface area contributed by atoms with E-state index in [1.165, 1.54) is 23.1 Å². The maximum atomic E-state index is 10.7. The van der Waals surface area contributed by atoms with Crippen molar-refractivity contribution in [2.45, 2.75) is 10.1 Å².